The van der Waals surface area contributed by atoms with Crippen LogP contribution in [0.25, 0.3) is 0 Å². The van der Waals surface area contributed by atoms with Crippen LogP contribution in [0.15, 0.2) is 0 Å². The number of hydrogen-bond donors (Lipinski definition) is 4. The molecule has 0 aromatic carbocycles. The molecule has 0 aromatic heterocycles. The molecule has 0 bridgehead atoms. The second kappa shape index (κ2) is 18.6. The van der Waals surface area contributed by atoms with E-state index in [1.165, 1.54) is 0 Å². The van der Waals surface area contributed by atoms with Gasteiger partial charge in [-0.15, -0.1) is 0 Å². The fourth-order valence-electron chi connectivity index (χ4n) is 2.22. The first-order valence-corrected chi connectivity index (χ1v) is 9.09. The molecule has 0 heterocycles. The smallest absolute Gasteiger partial charge is 0.306 e. The van der Waals surface area contributed by atoms with Crippen molar-refractivity contribution in [2.24, 2.45) is 5.41 Å². The van der Waals surface area contributed by atoms with Crippen LogP contribution < -0.4 is 0 Å². The topological polar surface area (TPSA) is 170 Å². The summed E-state index contributed by atoms with van der Waals surface area (Å²) in [7, 11) is 0. The molecule has 29 heavy (non-hydrogen) atoms. The Balaban J connectivity index is 5.10. The Morgan fingerprint density at radius 1 is 0.586 bits per heavy atom. The summed E-state index contributed by atoms with van der Waals surface area (Å²) in [5.74, 6) is -1.37. The van der Waals surface area contributed by atoms with E-state index in [-0.39, 0.29) is 92.5 Å². The first-order chi connectivity index (χ1) is 14.0. The van der Waals surface area contributed by atoms with E-state index in [2.05, 4.69) is 0 Å². The van der Waals surface area contributed by atoms with Gasteiger partial charge in [-0.3, -0.25) is 9.59 Å². The monoisotopic (exact) mass is 428 g/mol. The number of esters is 2. The highest BCUT2D eigenvalue weighted by atomic mass is 16.7. The van der Waals surface area contributed by atoms with E-state index in [9.17, 15) is 9.59 Å². The van der Waals surface area contributed by atoms with Crippen molar-refractivity contribution in [2.45, 2.75) is 12.8 Å². The van der Waals surface area contributed by atoms with E-state index >= 15 is 0 Å². The Morgan fingerprint density at radius 2 is 0.966 bits per heavy atom. The van der Waals surface area contributed by atoms with Crippen LogP contribution in [-0.4, -0.2) is 112 Å². The summed E-state index contributed by atoms with van der Waals surface area (Å²) >= 11 is 0. The minimum absolute atomic E-state index is 0.0512. The highest BCUT2D eigenvalue weighted by molar-refractivity contribution is 5.74. The lowest BCUT2D eigenvalue weighted by atomic mass is 9.82. The molecule has 12 heteroatoms. The summed E-state index contributed by atoms with van der Waals surface area (Å²) in [6.07, 6.45) is -0.581. The van der Waals surface area contributed by atoms with Gasteiger partial charge in [-0.2, -0.15) is 0 Å². The highest BCUT2D eigenvalue weighted by Gasteiger charge is 2.38. The molecule has 0 amide bonds. The summed E-state index contributed by atoms with van der Waals surface area (Å²) in [6.45, 7) is -2.09. The van der Waals surface area contributed by atoms with Crippen molar-refractivity contribution < 1.29 is 58.4 Å². The van der Waals surface area contributed by atoms with Gasteiger partial charge in [-0.05, 0) is 0 Å². The van der Waals surface area contributed by atoms with Gasteiger partial charge in [0, 0.05) is 5.41 Å². The molecule has 0 spiro atoms. The zero-order valence-corrected chi connectivity index (χ0v) is 16.5. The molecule has 0 aliphatic rings. The molecule has 12 nitrogen and oxygen atoms in total. The maximum absolute atomic E-state index is 12.1. The third-order valence-electron chi connectivity index (χ3n) is 3.37. The quantitative estimate of drug-likeness (QED) is 0.0938. The average Bonchev–Trinajstić information content (AvgIpc) is 2.70. The van der Waals surface area contributed by atoms with Gasteiger partial charge in [0.15, 0.2) is 0 Å². The SMILES string of the molecule is O=C(CC(COCOCCO)(COCOCCO)CC(=O)OCCO)OCCO. The Hall–Kier alpha value is -1.38. The van der Waals surface area contributed by atoms with E-state index in [1.807, 2.05) is 0 Å². The molecule has 0 aliphatic carbocycles. The highest BCUT2D eigenvalue weighted by Crippen LogP contribution is 2.29. The standard InChI is InChI=1S/C17H32O12/c18-1-5-24-13-26-11-17(9-15(22)28-7-3-20,10-16(23)29-8-4-21)12-27-14-25-6-2-19/h18-21H,1-14H2. The Kier molecular flexibility index (Phi) is 17.7. The molecular formula is C17H32O12. The van der Waals surface area contributed by atoms with Crippen LogP contribution >= 0.6 is 0 Å². The van der Waals surface area contributed by atoms with E-state index in [0.717, 1.165) is 0 Å². The number of ether oxygens (including phenoxy) is 6. The lowest BCUT2D eigenvalue weighted by molar-refractivity contribution is -0.166. The molecule has 4 N–H and O–H groups in total. The van der Waals surface area contributed by atoms with Gasteiger partial charge in [-0.1, -0.05) is 0 Å². The van der Waals surface area contributed by atoms with Gasteiger partial charge >= 0.3 is 11.9 Å². The predicted octanol–water partition coefficient (Wildman–Crippen LogP) is -2.21. The number of aliphatic hydroxyl groups excluding tert-OH is 4. The van der Waals surface area contributed by atoms with Crippen LogP contribution in [0.1, 0.15) is 12.8 Å². The molecule has 0 rings (SSSR count). The molecule has 0 unspecified atom stereocenters. The number of carbonyl (C=O) groups is 2. The van der Waals surface area contributed by atoms with Crippen molar-refractivity contribution in [3.05, 3.63) is 0 Å². The van der Waals surface area contributed by atoms with Crippen molar-refractivity contribution in [1.82, 2.24) is 0 Å². The van der Waals surface area contributed by atoms with Crippen molar-refractivity contribution in [2.75, 3.05) is 79.7 Å². The summed E-state index contributed by atoms with van der Waals surface area (Å²) in [5, 5.41) is 35.1. The largest absolute Gasteiger partial charge is 0.463 e. The number of aliphatic hydroxyl groups is 4. The van der Waals surface area contributed by atoms with E-state index < -0.39 is 17.4 Å². The van der Waals surface area contributed by atoms with E-state index in [1.54, 1.807) is 0 Å². The first-order valence-electron chi connectivity index (χ1n) is 9.09. The summed E-state index contributed by atoms with van der Waals surface area (Å²) in [4.78, 5) is 24.2. The summed E-state index contributed by atoms with van der Waals surface area (Å²) in [6, 6.07) is 0. The minimum Gasteiger partial charge on any atom is -0.463 e. The predicted molar refractivity (Wildman–Crippen MR) is 95.5 cm³/mol. The molecular weight excluding hydrogens is 396 g/mol. The third kappa shape index (κ3) is 15.2. The molecule has 0 aliphatic heterocycles. The fourth-order valence-corrected chi connectivity index (χ4v) is 2.22. The third-order valence-corrected chi connectivity index (χ3v) is 3.37. The molecule has 0 atom stereocenters. The molecule has 0 saturated carbocycles. The molecule has 0 fully saturated rings. The first kappa shape index (κ1) is 27.6. The Morgan fingerprint density at radius 3 is 1.31 bits per heavy atom. The second-order valence-corrected chi connectivity index (χ2v) is 5.94. The summed E-state index contributed by atoms with van der Waals surface area (Å²) in [5.41, 5.74) is -1.20. The lowest BCUT2D eigenvalue weighted by Gasteiger charge is -2.31. The average molecular weight is 428 g/mol. The lowest BCUT2D eigenvalue weighted by Crippen LogP contribution is -2.39. The molecule has 0 saturated heterocycles. The maximum atomic E-state index is 12.1. The summed E-state index contributed by atoms with van der Waals surface area (Å²) < 4.78 is 30.5. The van der Waals surface area contributed by atoms with Crippen LogP contribution in [0.5, 0.6) is 0 Å². The minimum atomic E-state index is -1.20. The van der Waals surface area contributed by atoms with Crippen molar-refractivity contribution in [1.29, 1.82) is 0 Å². The van der Waals surface area contributed by atoms with Gasteiger partial charge in [0.1, 0.15) is 26.8 Å². The zero-order valence-electron chi connectivity index (χ0n) is 16.5. The Labute approximate surface area is 169 Å². The maximum Gasteiger partial charge on any atom is 0.306 e. The van der Waals surface area contributed by atoms with Crippen LogP contribution in [0.4, 0.5) is 0 Å². The zero-order chi connectivity index (χ0) is 21.8. The van der Waals surface area contributed by atoms with Crippen LogP contribution in [0.3, 0.4) is 0 Å². The van der Waals surface area contributed by atoms with Crippen molar-refractivity contribution >= 4 is 11.9 Å². The number of carbonyl (C=O) groups excluding carboxylic acids is 2. The van der Waals surface area contributed by atoms with Gasteiger partial charge in [-0.25, -0.2) is 0 Å². The van der Waals surface area contributed by atoms with Crippen molar-refractivity contribution in [3.8, 4) is 0 Å². The van der Waals surface area contributed by atoms with E-state index in [4.69, 9.17) is 48.8 Å². The van der Waals surface area contributed by atoms with Gasteiger partial charge in [0.05, 0.1) is 65.7 Å². The molecule has 0 radical (unpaired) electrons. The van der Waals surface area contributed by atoms with Gasteiger partial charge in [0.25, 0.3) is 0 Å². The number of hydrogen-bond acceptors (Lipinski definition) is 12. The molecule has 172 valence electrons. The van der Waals surface area contributed by atoms with Crippen LogP contribution in [0.2, 0.25) is 0 Å². The number of rotatable bonds is 20. The normalized spacial score (nSPS) is 11.4. The second-order valence-electron chi connectivity index (χ2n) is 5.94. The van der Waals surface area contributed by atoms with Crippen LogP contribution in [-0.2, 0) is 38.0 Å². The van der Waals surface area contributed by atoms with E-state index in [0.29, 0.717) is 0 Å². The Bertz CT molecular complexity index is 379. The van der Waals surface area contributed by atoms with Crippen LogP contribution in [0, 0.1) is 5.41 Å². The fraction of sp³-hybridized carbons (Fsp3) is 0.882. The molecule has 0 aromatic rings. The van der Waals surface area contributed by atoms with Crippen molar-refractivity contribution in [3.63, 3.8) is 0 Å². The van der Waals surface area contributed by atoms with Gasteiger partial charge < -0.3 is 48.8 Å². The van der Waals surface area contributed by atoms with Gasteiger partial charge in [0.2, 0.25) is 0 Å².